The average Bonchev–Trinajstić information content (AvgIpc) is 3.03. The zero-order valence-electron chi connectivity index (χ0n) is 11.8. The van der Waals surface area contributed by atoms with Crippen molar-refractivity contribution >= 4 is 17.6 Å². The van der Waals surface area contributed by atoms with Crippen LogP contribution in [0.15, 0.2) is 12.3 Å². The van der Waals surface area contributed by atoms with Gasteiger partial charge in [0.1, 0.15) is 17.4 Å². The minimum Gasteiger partial charge on any atom is -0.480 e. The summed E-state index contributed by atoms with van der Waals surface area (Å²) in [5.41, 5.74) is -2.00. The van der Waals surface area contributed by atoms with Gasteiger partial charge in [0, 0.05) is 6.20 Å². The molecular formula is C13H8F5N3O3. The van der Waals surface area contributed by atoms with Gasteiger partial charge in [-0.15, -0.1) is 0 Å². The van der Waals surface area contributed by atoms with Crippen molar-refractivity contribution in [3.05, 3.63) is 47.0 Å². The van der Waals surface area contributed by atoms with Crippen LogP contribution < -0.4 is 5.32 Å². The van der Waals surface area contributed by atoms with Crippen molar-refractivity contribution in [2.45, 2.75) is 13.0 Å². The highest BCUT2D eigenvalue weighted by Crippen LogP contribution is 2.27. The van der Waals surface area contributed by atoms with Gasteiger partial charge in [0.15, 0.2) is 23.3 Å². The fraction of sp³-hybridized carbons (Fsp3) is 0.154. The molecule has 1 aromatic heterocycles. The zero-order chi connectivity index (χ0) is 18.2. The molecule has 0 aliphatic rings. The number of carbonyl (C=O) groups is 2. The number of amides is 1. The average molecular weight is 349 g/mol. The van der Waals surface area contributed by atoms with Gasteiger partial charge in [0.2, 0.25) is 5.82 Å². The van der Waals surface area contributed by atoms with Crippen molar-refractivity contribution < 1.29 is 36.6 Å². The molecule has 0 radical (unpaired) electrons. The Balaban J connectivity index is 2.43. The van der Waals surface area contributed by atoms with Crippen LogP contribution in [0.25, 0.3) is 0 Å². The highest BCUT2D eigenvalue weighted by Gasteiger charge is 2.28. The smallest absolute Gasteiger partial charge is 0.328 e. The Bertz CT molecular complexity index is 807. The number of hydrogen-bond donors (Lipinski definition) is 2. The van der Waals surface area contributed by atoms with Crippen LogP contribution in [0.3, 0.4) is 0 Å². The van der Waals surface area contributed by atoms with E-state index in [0.29, 0.717) is 4.68 Å². The first-order valence-corrected chi connectivity index (χ1v) is 6.25. The maximum atomic E-state index is 13.5. The van der Waals surface area contributed by atoms with Crippen LogP contribution >= 0.6 is 0 Å². The Kier molecular flexibility index (Phi) is 4.53. The number of aromatic nitrogens is 2. The van der Waals surface area contributed by atoms with E-state index in [9.17, 15) is 31.5 Å². The van der Waals surface area contributed by atoms with Crippen molar-refractivity contribution in [1.82, 2.24) is 9.78 Å². The lowest BCUT2D eigenvalue weighted by Gasteiger charge is -2.13. The number of carbonyl (C=O) groups excluding carboxylic acids is 1. The fourth-order valence-corrected chi connectivity index (χ4v) is 1.80. The summed E-state index contributed by atoms with van der Waals surface area (Å²) >= 11 is 0. The molecule has 1 amide bonds. The van der Waals surface area contributed by atoms with Crippen LogP contribution in [0.5, 0.6) is 0 Å². The van der Waals surface area contributed by atoms with E-state index in [1.165, 1.54) is 12.2 Å². The third-order valence-electron chi connectivity index (χ3n) is 3.08. The number of rotatable bonds is 4. The molecule has 0 saturated carbocycles. The van der Waals surface area contributed by atoms with Gasteiger partial charge in [-0.3, -0.25) is 4.79 Å². The van der Waals surface area contributed by atoms with E-state index in [-0.39, 0.29) is 0 Å². The number of benzene rings is 1. The number of halogens is 5. The lowest BCUT2D eigenvalue weighted by molar-refractivity contribution is -0.140. The van der Waals surface area contributed by atoms with E-state index < -0.39 is 58.4 Å². The zero-order valence-corrected chi connectivity index (χ0v) is 11.8. The molecule has 2 N–H and O–H groups in total. The molecule has 0 aliphatic heterocycles. The lowest BCUT2D eigenvalue weighted by atomic mass is 10.2. The van der Waals surface area contributed by atoms with Crippen molar-refractivity contribution in [2.75, 3.05) is 5.32 Å². The molecule has 0 fully saturated rings. The molecule has 6 nitrogen and oxygen atoms in total. The quantitative estimate of drug-likeness (QED) is 0.505. The molecule has 0 bridgehead atoms. The first-order valence-electron chi connectivity index (χ1n) is 6.25. The van der Waals surface area contributed by atoms with Gasteiger partial charge in [0.25, 0.3) is 5.91 Å². The van der Waals surface area contributed by atoms with Crippen molar-refractivity contribution in [1.29, 1.82) is 0 Å². The van der Waals surface area contributed by atoms with Gasteiger partial charge in [-0.25, -0.2) is 31.4 Å². The molecule has 1 heterocycles. The molecule has 1 unspecified atom stereocenters. The molecule has 0 aliphatic carbocycles. The van der Waals surface area contributed by atoms with E-state index in [4.69, 9.17) is 5.11 Å². The lowest BCUT2D eigenvalue weighted by Crippen LogP contribution is -2.25. The van der Waals surface area contributed by atoms with E-state index in [1.54, 1.807) is 0 Å². The largest absolute Gasteiger partial charge is 0.480 e. The van der Waals surface area contributed by atoms with Gasteiger partial charge in [-0.2, -0.15) is 5.10 Å². The third kappa shape index (κ3) is 2.79. The van der Waals surface area contributed by atoms with E-state index in [0.717, 1.165) is 12.3 Å². The van der Waals surface area contributed by atoms with Crippen LogP contribution in [0.2, 0.25) is 0 Å². The Morgan fingerprint density at radius 1 is 1.08 bits per heavy atom. The van der Waals surface area contributed by atoms with Gasteiger partial charge in [-0.1, -0.05) is 0 Å². The van der Waals surface area contributed by atoms with E-state index in [1.807, 2.05) is 0 Å². The maximum absolute atomic E-state index is 13.5. The Morgan fingerprint density at radius 3 is 2.08 bits per heavy atom. The van der Waals surface area contributed by atoms with E-state index >= 15 is 0 Å². The van der Waals surface area contributed by atoms with E-state index in [2.05, 4.69) is 5.10 Å². The SMILES string of the molecule is CC(C(=O)O)n1nccc1C(=O)Nc1c(F)c(F)c(F)c(F)c1F. The molecule has 1 atom stereocenters. The van der Waals surface area contributed by atoms with Crippen LogP contribution in [0.1, 0.15) is 23.5 Å². The number of carboxylic acid groups (broad SMARTS) is 1. The summed E-state index contributed by atoms with van der Waals surface area (Å²) in [6.45, 7) is 1.17. The minimum absolute atomic E-state index is 0.450. The van der Waals surface area contributed by atoms with Crippen molar-refractivity contribution in [3.8, 4) is 0 Å². The standard InChI is InChI=1S/C13H8F5N3O3/c1-4(13(23)24)21-5(2-3-19-21)12(22)20-11-9(17)7(15)6(14)8(16)10(11)18/h2-4H,1H3,(H,20,22)(H,23,24). The first kappa shape index (κ1) is 17.4. The number of nitrogens with zero attached hydrogens (tertiary/aromatic N) is 2. The molecule has 1 aromatic carbocycles. The summed E-state index contributed by atoms with van der Waals surface area (Å²) in [5.74, 6) is -13.9. The molecule has 11 heteroatoms. The number of nitrogens with one attached hydrogen (secondary N) is 1. The Labute approximate surface area is 130 Å². The molecule has 0 spiro atoms. The van der Waals surface area contributed by atoms with Crippen LogP contribution in [0.4, 0.5) is 27.6 Å². The predicted molar refractivity (Wildman–Crippen MR) is 68.8 cm³/mol. The number of aliphatic carboxylic acids is 1. The van der Waals surface area contributed by atoms with Crippen LogP contribution in [0, 0.1) is 29.1 Å². The second-order valence-electron chi connectivity index (χ2n) is 4.57. The maximum Gasteiger partial charge on any atom is 0.328 e. The summed E-state index contributed by atoms with van der Waals surface area (Å²) < 4.78 is 66.9. The monoisotopic (exact) mass is 349 g/mol. The molecule has 0 saturated heterocycles. The van der Waals surface area contributed by atoms with Gasteiger partial charge in [-0.05, 0) is 13.0 Å². The van der Waals surface area contributed by atoms with Crippen molar-refractivity contribution in [3.63, 3.8) is 0 Å². The normalized spacial score (nSPS) is 12.1. The summed E-state index contributed by atoms with van der Waals surface area (Å²) in [4.78, 5) is 22.9. The Morgan fingerprint density at radius 2 is 1.58 bits per heavy atom. The first-order chi connectivity index (χ1) is 11.2. The summed E-state index contributed by atoms with van der Waals surface area (Å²) in [5, 5.41) is 14.0. The summed E-state index contributed by atoms with van der Waals surface area (Å²) in [6, 6.07) is -0.294. The van der Waals surface area contributed by atoms with Gasteiger partial charge >= 0.3 is 5.97 Å². The van der Waals surface area contributed by atoms with Gasteiger partial charge < -0.3 is 10.4 Å². The second-order valence-corrected chi connectivity index (χ2v) is 4.57. The molecule has 2 rings (SSSR count). The van der Waals surface area contributed by atoms with Crippen LogP contribution in [-0.2, 0) is 4.79 Å². The number of anilines is 1. The van der Waals surface area contributed by atoms with Gasteiger partial charge in [0.05, 0.1) is 0 Å². The summed E-state index contributed by atoms with van der Waals surface area (Å²) in [7, 11) is 0. The molecular weight excluding hydrogens is 341 g/mol. The minimum atomic E-state index is -2.37. The highest BCUT2D eigenvalue weighted by atomic mass is 19.2. The third-order valence-corrected chi connectivity index (χ3v) is 3.08. The van der Waals surface area contributed by atoms with Crippen molar-refractivity contribution in [2.24, 2.45) is 0 Å². The topological polar surface area (TPSA) is 84.2 Å². The number of carboxylic acids is 1. The molecule has 128 valence electrons. The molecule has 2 aromatic rings. The molecule has 24 heavy (non-hydrogen) atoms. The second kappa shape index (κ2) is 6.26. The fourth-order valence-electron chi connectivity index (χ4n) is 1.80. The van der Waals surface area contributed by atoms with Crippen LogP contribution in [-0.4, -0.2) is 26.8 Å². The summed E-state index contributed by atoms with van der Waals surface area (Å²) in [6.07, 6.45) is 1.03. The highest BCUT2D eigenvalue weighted by molar-refractivity contribution is 6.03. The Hall–Kier alpha value is -2.98. The number of hydrogen-bond acceptors (Lipinski definition) is 3. The predicted octanol–water partition coefficient (Wildman–Crippen LogP) is 2.48.